The van der Waals surface area contributed by atoms with Crippen molar-refractivity contribution in [2.75, 3.05) is 56.7 Å². The molecule has 0 amide bonds. The Balaban J connectivity index is 0.000000372. The highest BCUT2D eigenvalue weighted by Gasteiger charge is 2.35. The molecular weight excluding hydrogens is 484 g/mol. The van der Waals surface area contributed by atoms with Gasteiger partial charge >= 0.3 is 6.01 Å². The molecule has 7 rings (SSSR count). The molecule has 196 valence electrons. The van der Waals surface area contributed by atoms with Gasteiger partial charge in [0.2, 0.25) is 0 Å². The molecule has 2 unspecified atom stereocenters. The number of benzene rings is 2. The standard InChI is InChI=1S/C24H26ClN5O.C5H11N/c1-31-24-27-20-14-29(21-7-3-5-15-4-2-6-19(25)22(15)21)11-10-18(20)23(28-24)30-12-16-8-9-17(13-30)26-16;1-6-4-2-3-5-6/h2-7,16-17,26H,8-14H2,1H3;2-5H2,1H3. The van der Waals surface area contributed by atoms with Crippen molar-refractivity contribution in [3.05, 3.63) is 52.7 Å². The molecule has 2 aromatic carbocycles. The summed E-state index contributed by atoms with van der Waals surface area (Å²) in [5, 5.41) is 6.77. The van der Waals surface area contributed by atoms with E-state index in [1.165, 1.54) is 44.3 Å². The number of methoxy groups -OCH3 is 1. The SMILES string of the molecule is CN1CCCC1.COc1nc2c(c(N3CC4CCC(C3)N4)n1)CCN(c1cccc3cccc(Cl)c13)C2. The van der Waals surface area contributed by atoms with Crippen LogP contribution >= 0.6 is 11.6 Å². The number of halogens is 1. The maximum atomic E-state index is 6.60. The molecule has 0 aliphatic carbocycles. The van der Waals surface area contributed by atoms with Gasteiger partial charge in [0, 0.05) is 48.4 Å². The van der Waals surface area contributed by atoms with E-state index in [-0.39, 0.29) is 0 Å². The quantitative estimate of drug-likeness (QED) is 0.545. The van der Waals surface area contributed by atoms with Crippen molar-refractivity contribution < 1.29 is 4.74 Å². The molecule has 0 radical (unpaired) electrons. The number of hydrogen-bond donors (Lipinski definition) is 1. The Labute approximate surface area is 224 Å². The zero-order chi connectivity index (χ0) is 25.4. The van der Waals surface area contributed by atoms with Crippen LogP contribution in [0.2, 0.25) is 5.02 Å². The van der Waals surface area contributed by atoms with Gasteiger partial charge in [-0.15, -0.1) is 0 Å². The highest BCUT2D eigenvalue weighted by Crippen LogP contribution is 2.37. The van der Waals surface area contributed by atoms with Crippen molar-refractivity contribution in [2.45, 2.75) is 50.7 Å². The van der Waals surface area contributed by atoms with Crippen molar-refractivity contribution in [2.24, 2.45) is 0 Å². The van der Waals surface area contributed by atoms with Crippen LogP contribution in [0.4, 0.5) is 11.5 Å². The molecule has 37 heavy (non-hydrogen) atoms. The van der Waals surface area contributed by atoms with Crippen LogP contribution in [0.25, 0.3) is 10.8 Å². The van der Waals surface area contributed by atoms with Crippen LogP contribution in [-0.4, -0.2) is 73.8 Å². The van der Waals surface area contributed by atoms with Crippen molar-refractivity contribution >= 4 is 33.9 Å². The number of likely N-dealkylation sites (tertiary alicyclic amines) is 1. The van der Waals surface area contributed by atoms with Gasteiger partial charge in [-0.05, 0) is 69.8 Å². The topological polar surface area (TPSA) is 56.8 Å². The lowest BCUT2D eigenvalue weighted by Crippen LogP contribution is -2.52. The maximum Gasteiger partial charge on any atom is 0.318 e. The van der Waals surface area contributed by atoms with E-state index in [2.05, 4.69) is 51.3 Å². The van der Waals surface area contributed by atoms with Crippen molar-refractivity contribution in [1.29, 1.82) is 0 Å². The average molecular weight is 521 g/mol. The summed E-state index contributed by atoms with van der Waals surface area (Å²) in [4.78, 5) is 16.8. The molecule has 1 aromatic heterocycles. The van der Waals surface area contributed by atoms with Gasteiger partial charge in [-0.2, -0.15) is 9.97 Å². The second kappa shape index (κ2) is 10.6. The predicted octanol–water partition coefficient (Wildman–Crippen LogP) is 4.51. The minimum absolute atomic E-state index is 0.456. The minimum atomic E-state index is 0.456. The van der Waals surface area contributed by atoms with Gasteiger partial charge in [0.05, 0.1) is 24.4 Å². The fourth-order valence-corrected chi connectivity index (χ4v) is 6.61. The minimum Gasteiger partial charge on any atom is -0.467 e. The molecule has 4 aliphatic heterocycles. The second-order valence-corrected chi connectivity index (χ2v) is 11.2. The van der Waals surface area contributed by atoms with E-state index in [1.54, 1.807) is 7.11 Å². The van der Waals surface area contributed by atoms with Gasteiger partial charge in [-0.3, -0.25) is 0 Å². The number of aromatic nitrogens is 2. The Bertz CT molecular complexity index is 1250. The van der Waals surface area contributed by atoms with E-state index in [0.717, 1.165) is 65.6 Å². The van der Waals surface area contributed by atoms with Crippen LogP contribution in [0.3, 0.4) is 0 Å². The maximum absolute atomic E-state index is 6.60. The number of nitrogens with zero attached hydrogens (tertiary/aromatic N) is 5. The van der Waals surface area contributed by atoms with Crippen LogP contribution in [0.5, 0.6) is 6.01 Å². The van der Waals surface area contributed by atoms with Gasteiger partial charge in [0.25, 0.3) is 0 Å². The highest BCUT2D eigenvalue weighted by molar-refractivity contribution is 6.36. The normalized spacial score (nSPS) is 23.1. The number of rotatable bonds is 3. The van der Waals surface area contributed by atoms with Crippen LogP contribution in [0, 0.1) is 0 Å². The van der Waals surface area contributed by atoms with E-state index in [0.29, 0.717) is 18.1 Å². The van der Waals surface area contributed by atoms with Crippen molar-refractivity contribution in [3.8, 4) is 6.01 Å². The Morgan fingerprint density at radius 1 is 0.946 bits per heavy atom. The molecule has 1 N–H and O–H groups in total. The number of ether oxygens (including phenoxy) is 1. The molecule has 2 atom stereocenters. The van der Waals surface area contributed by atoms with Crippen LogP contribution in [-0.2, 0) is 13.0 Å². The zero-order valence-electron chi connectivity index (χ0n) is 21.9. The van der Waals surface area contributed by atoms with Crippen molar-refractivity contribution in [1.82, 2.24) is 20.2 Å². The number of anilines is 2. The molecular formula is C29H37ClN6O. The fraction of sp³-hybridized carbons (Fsp3) is 0.517. The average Bonchev–Trinajstić information content (AvgIpc) is 3.54. The molecule has 0 spiro atoms. The van der Waals surface area contributed by atoms with Crippen LogP contribution in [0.15, 0.2) is 36.4 Å². The molecule has 5 heterocycles. The molecule has 3 fully saturated rings. The lowest BCUT2D eigenvalue weighted by Gasteiger charge is -2.37. The monoisotopic (exact) mass is 520 g/mol. The zero-order valence-corrected chi connectivity index (χ0v) is 22.7. The van der Waals surface area contributed by atoms with Crippen LogP contribution < -0.4 is 19.9 Å². The molecule has 4 aliphatic rings. The first kappa shape index (κ1) is 24.7. The van der Waals surface area contributed by atoms with E-state index >= 15 is 0 Å². The number of hydrogen-bond acceptors (Lipinski definition) is 7. The molecule has 0 saturated carbocycles. The number of fused-ring (bicyclic) bond motifs is 4. The second-order valence-electron chi connectivity index (χ2n) is 10.8. The van der Waals surface area contributed by atoms with Crippen molar-refractivity contribution in [3.63, 3.8) is 0 Å². The Morgan fingerprint density at radius 2 is 1.68 bits per heavy atom. The van der Waals surface area contributed by atoms with Gasteiger partial charge in [-0.1, -0.05) is 35.9 Å². The Hall–Kier alpha value is -2.61. The smallest absolute Gasteiger partial charge is 0.318 e. The molecule has 8 heteroatoms. The first-order valence-corrected chi connectivity index (χ1v) is 14.0. The first-order valence-electron chi connectivity index (χ1n) is 13.6. The summed E-state index contributed by atoms with van der Waals surface area (Å²) >= 11 is 6.60. The van der Waals surface area contributed by atoms with E-state index in [1.807, 2.05) is 12.1 Å². The molecule has 3 saturated heterocycles. The van der Waals surface area contributed by atoms with Gasteiger partial charge in [0.15, 0.2) is 0 Å². The van der Waals surface area contributed by atoms with Gasteiger partial charge < -0.3 is 24.8 Å². The lowest BCUT2D eigenvalue weighted by molar-refractivity contribution is 0.374. The fourth-order valence-electron chi connectivity index (χ4n) is 6.33. The summed E-state index contributed by atoms with van der Waals surface area (Å²) in [5.41, 5.74) is 3.49. The third-order valence-electron chi connectivity index (χ3n) is 8.22. The predicted molar refractivity (Wildman–Crippen MR) is 151 cm³/mol. The third-order valence-corrected chi connectivity index (χ3v) is 8.54. The van der Waals surface area contributed by atoms with Gasteiger partial charge in [-0.25, -0.2) is 0 Å². The summed E-state index contributed by atoms with van der Waals surface area (Å²) < 4.78 is 5.51. The molecule has 3 aromatic rings. The van der Waals surface area contributed by atoms with Gasteiger partial charge in [0.1, 0.15) is 5.82 Å². The lowest BCUT2D eigenvalue weighted by atomic mass is 10.0. The molecule has 7 nitrogen and oxygen atoms in total. The summed E-state index contributed by atoms with van der Waals surface area (Å²) in [7, 11) is 3.82. The number of piperazine rings is 1. The summed E-state index contributed by atoms with van der Waals surface area (Å²) in [6.45, 7) is 6.29. The number of nitrogens with one attached hydrogen (secondary N) is 1. The first-order chi connectivity index (χ1) is 18.1. The van der Waals surface area contributed by atoms with Crippen LogP contribution in [0.1, 0.15) is 36.9 Å². The summed E-state index contributed by atoms with van der Waals surface area (Å²) in [6.07, 6.45) is 6.24. The van der Waals surface area contributed by atoms with E-state index < -0.39 is 0 Å². The third kappa shape index (κ3) is 5.09. The molecule has 2 bridgehead atoms. The highest BCUT2D eigenvalue weighted by atomic mass is 35.5. The van der Waals surface area contributed by atoms with E-state index in [9.17, 15) is 0 Å². The summed E-state index contributed by atoms with van der Waals surface area (Å²) in [5.74, 6) is 1.07. The largest absolute Gasteiger partial charge is 0.467 e. The van der Waals surface area contributed by atoms with E-state index in [4.69, 9.17) is 26.3 Å². The Kier molecular flexibility index (Phi) is 7.10. The Morgan fingerprint density at radius 3 is 2.35 bits per heavy atom. The summed E-state index contributed by atoms with van der Waals surface area (Å²) in [6, 6.07) is 14.0.